The van der Waals surface area contributed by atoms with Gasteiger partial charge in [-0.15, -0.1) is 0 Å². The van der Waals surface area contributed by atoms with E-state index >= 15 is 0 Å². The molecule has 1 saturated heterocycles. The van der Waals surface area contributed by atoms with Gasteiger partial charge in [0, 0.05) is 19.5 Å². The lowest BCUT2D eigenvalue weighted by molar-refractivity contribution is -0.132. The van der Waals surface area contributed by atoms with Gasteiger partial charge < -0.3 is 4.90 Å². The van der Waals surface area contributed by atoms with Crippen molar-refractivity contribution in [3.63, 3.8) is 0 Å². The maximum Gasteiger partial charge on any atom is 0.296 e. The monoisotopic (exact) mass is 325 g/mol. The minimum absolute atomic E-state index is 0.159. The quantitative estimate of drug-likeness (QED) is 0.780. The predicted molar refractivity (Wildman–Crippen MR) is 83.9 cm³/mol. The maximum atomic E-state index is 12.1. The topological polar surface area (TPSA) is 63.7 Å². The summed E-state index contributed by atoms with van der Waals surface area (Å²) in [4.78, 5) is 13.6. The third-order valence-corrected chi connectivity index (χ3v) is 5.33. The molecule has 1 heterocycles. The lowest BCUT2D eigenvalue weighted by atomic mass is 9.98. The lowest BCUT2D eigenvalue weighted by Crippen LogP contribution is -2.39. The molecule has 0 spiro atoms. The summed E-state index contributed by atoms with van der Waals surface area (Å²) in [6.07, 6.45) is 2.09. The van der Waals surface area contributed by atoms with Crippen LogP contribution in [-0.4, -0.2) is 38.9 Å². The Balaban J connectivity index is 1.86. The summed E-state index contributed by atoms with van der Waals surface area (Å²) in [5.74, 6) is 0.341. The molecule has 0 radical (unpaired) electrons. The number of piperidine rings is 1. The van der Waals surface area contributed by atoms with E-state index in [1.54, 1.807) is 24.3 Å². The van der Waals surface area contributed by atoms with Gasteiger partial charge >= 0.3 is 0 Å². The Kier molecular flexibility index (Phi) is 5.58. The molecule has 1 amide bonds. The molecule has 0 aliphatic carbocycles. The maximum absolute atomic E-state index is 12.1. The first-order valence-electron chi connectivity index (χ1n) is 7.66. The molecule has 0 saturated carbocycles. The van der Waals surface area contributed by atoms with Crippen molar-refractivity contribution in [3.8, 4) is 0 Å². The SMILES string of the molecule is CCC(=O)N1CCC(COS(=O)(=O)c2ccc(C)cc2)CC1. The van der Waals surface area contributed by atoms with Crippen LogP contribution in [0.3, 0.4) is 0 Å². The van der Waals surface area contributed by atoms with Gasteiger partial charge in [-0.3, -0.25) is 8.98 Å². The molecule has 1 fully saturated rings. The number of nitrogens with zero attached hydrogens (tertiary/aromatic N) is 1. The Labute approximate surface area is 132 Å². The highest BCUT2D eigenvalue weighted by atomic mass is 32.2. The number of hydrogen-bond donors (Lipinski definition) is 0. The number of hydrogen-bond acceptors (Lipinski definition) is 4. The normalized spacial score (nSPS) is 16.7. The summed E-state index contributed by atoms with van der Waals surface area (Å²) in [5, 5.41) is 0. The fraction of sp³-hybridized carbons (Fsp3) is 0.562. The van der Waals surface area contributed by atoms with Gasteiger partial charge in [-0.2, -0.15) is 8.42 Å². The summed E-state index contributed by atoms with van der Waals surface area (Å²) in [7, 11) is -3.69. The van der Waals surface area contributed by atoms with Crippen LogP contribution in [0.25, 0.3) is 0 Å². The van der Waals surface area contributed by atoms with Crippen molar-refractivity contribution < 1.29 is 17.4 Å². The van der Waals surface area contributed by atoms with Crippen molar-refractivity contribution in [2.75, 3.05) is 19.7 Å². The first-order valence-corrected chi connectivity index (χ1v) is 9.07. The standard InChI is InChI=1S/C16H23NO4S/c1-3-16(18)17-10-8-14(9-11-17)12-21-22(19,20)15-6-4-13(2)5-7-15/h4-7,14H,3,8-12H2,1-2H3. The van der Waals surface area contributed by atoms with E-state index in [1.807, 2.05) is 18.7 Å². The molecule has 0 aromatic heterocycles. The Bertz CT molecular complexity index is 602. The second-order valence-corrected chi connectivity index (χ2v) is 7.34. The van der Waals surface area contributed by atoms with Crippen LogP contribution in [0.5, 0.6) is 0 Å². The van der Waals surface area contributed by atoms with Crippen LogP contribution >= 0.6 is 0 Å². The highest BCUT2D eigenvalue weighted by Crippen LogP contribution is 2.21. The molecule has 5 nitrogen and oxygen atoms in total. The van der Waals surface area contributed by atoms with Gasteiger partial charge in [0.15, 0.2) is 0 Å². The average molecular weight is 325 g/mol. The number of rotatable bonds is 5. The van der Waals surface area contributed by atoms with E-state index in [0.29, 0.717) is 19.5 Å². The van der Waals surface area contributed by atoms with Crippen LogP contribution in [0.15, 0.2) is 29.2 Å². The number of benzene rings is 1. The minimum atomic E-state index is -3.69. The van der Waals surface area contributed by atoms with Crippen LogP contribution in [0.4, 0.5) is 0 Å². The van der Waals surface area contributed by atoms with E-state index < -0.39 is 10.1 Å². The molecule has 2 rings (SSSR count). The zero-order valence-corrected chi connectivity index (χ0v) is 13.9. The Hall–Kier alpha value is -1.40. The number of carbonyl (C=O) groups is 1. The molecule has 0 N–H and O–H groups in total. The van der Waals surface area contributed by atoms with Gasteiger partial charge in [0.1, 0.15) is 0 Å². The van der Waals surface area contributed by atoms with Gasteiger partial charge in [0.05, 0.1) is 11.5 Å². The summed E-state index contributed by atoms with van der Waals surface area (Å²) >= 11 is 0. The Morgan fingerprint density at radius 2 is 1.82 bits per heavy atom. The molecule has 1 aromatic rings. The van der Waals surface area contributed by atoms with Crippen LogP contribution in [0.1, 0.15) is 31.7 Å². The van der Waals surface area contributed by atoms with Gasteiger partial charge in [0.25, 0.3) is 10.1 Å². The third-order valence-electron chi connectivity index (χ3n) is 4.04. The van der Waals surface area contributed by atoms with Gasteiger partial charge in [0.2, 0.25) is 5.91 Å². The van der Waals surface area contributed by atoms with Crippen molar-refractivity contribution in [1.82, 2.24) is 4.90 Å². The van der Waals surface area contributed by atoms with E-state index in [0.717, 1.165) is 18.4 Å². The fourth-order valence-corrected chi connectivity index (χ4v) is 3.51. The first kappa shape index (κ1) is 17.0. The van der Waals surface area contributed by atoms with Crippen molar-refractivity contribution in [2.24, 2.45) is 5.92 Å². The smallest absolute Gasteiger partial charge is 0.296 e. The second-order valence-electron chi connectivity index (χ2n) is 5.73. The molecule has 6 heteroatoms. The molecule has 1 aliphatic rings. The van der Waals surface area contributed by atoms with Crippen LogP contribution < -0.4 is 0 Å². The van der Waals surface area contributed by atoms with Crippen LogP contribution in [0, 0.1) is 12.8 Å². The molecule has 1 aliphatic heterocycles. The number of likely N-dealkylation sites (tertiary alicyclic amines) is 1. The third kappa shape index (κ3) is 4.30. The largest absolute Gasteiger partial charge is 0.343 e. The molecule has 122 valence electrons. The van der Waals surface area contributed by atoms with Crippen LogP contribution in [0.2, 0.25) is 0 Å². The van der Waals surface area contributed by atoms with E-state index in [9.17, 15) is 13.2 Å². The Morgan fingerprint density at radius 1 is 1.23 bits per heavy atom. The highest BCUT2D eigenvalue weighted by molar-refractivity contribution is 7.86. The molecular weight excluding hydrogens is 302 g/mol. The summed E-state index contributed by atoms with van der Waals surface area (Å²) in [6.45, 7) is 5.31. The van der Waals surface area contributed by atoms with E-state index in [1.165, 1.54) is 0 Å². The number of carbonyl (C=O) groups excluding carboxylic acids is 1. The zero-order valence-electron chi connectivity index (χ0n) is 13.1. The molecule has 0 atom stereocenters. The Morgan fingerprint density at radius 3 is 2.36 bits per heavy atom. The minimum Gasteiger partial charge on any atom is -0.343 e. The lowest BCUT2D eigenvalue weighted by Gasteiger charge is -2.31. The number of aryl methyl sites for hydroxylation is 1. The van der Waals surface area contributed by atoms with E-state index in [2.05, 4.69) is 0 Å². The zero-order chi connectivity index (χ0) is 16.2. The van der Waals surface area contributed by atoms with E-state index in [4.69, 9.17) is 4.18 Å². The molecule has 22 heavy (non-hydrogen) atoms. The van der Waals surface area contributed by atoms with Crippen molar-refractivity contribution in [1.29, 1.82) is 0 Å². The van der Waals surface area contributed by atoms with Gasteiger partial charge in [-0.05, 0) is 37.8 Å². The van der Waals surface area contributed by atoms with Crippen molar-refractivity contribution in [3.05, 3.63) is 29.8 Å². The molecule has 0 bridgehead atoms. The predicted octanol–water partition coefficient (Wildman–Crippen LogP) is 2.35. The highest BCUT2D eigenvalue weighted by Gasteiger charge is 2.24. The molecule has 0 unspecified atom stereocenters. The van der Waals surface area contributed by atoms with Gasteiger partial charge in [-0.1, -0.05) is 24.6 Å². The summed E-state index contributed by atoms with van der Waals surface area (Å²) in [5.41, 5.74) is 1.01. The molecule has 1 aromatic carbocycles. The average Bonchev–Trinajstić information content (AvgIpc) is 2.53. The van der Waals surface area contributed by atoms with Crippen LogP contribution in [-0.2, 0) is 19.1 Å². The first-order chi connectivity index (χ1) is 10.4. The van der Waals surface area contributed by atoms with Gasteiger partial charge in [-0.25, -0.2) is 0 Å². The van der Waals surface area contributed by atoms with Crippen molar-refractivity contribution >= 4 is 16.0 Å². The molecular formula is C16H23NO4S. The second kappa shape index (κ2) is 7.24. The van der Waals surface area contributed by atoms with Crippen molar-refractivity contribution in [2.45, 2.75) is 38.0 Å². The number of amides is 1. The summed E-state index contributed by atoms with van der Waals surface area (Å²) < 4.78 is 29.4. The fourth-order valence-electron chi connectivity index (χ4n) is 2.53. The van der Waals surface area contributed by atoms with E-state index in [-0.39, 0.29) is 23.3 Å². The summed E-state index contributed by atoms with van der Waals surface area (Å²) in [6, 6.07) is 6.64.